The van der Waals surface area contributed by atoms with E-state index in [4.69, 9.17) is 14.6 Å². The van der Waals surface area contributed by atoms with E-state index in [1.165, 1.54) is 4.90 Å². The predicted octanol–water partition coefficient (Wildman–Crippen LogP) is 5.53. The van der Waals surface area contributed by atoms with E-state index in [-0.39, 0.29) is 25.5 Å². The number of piperidine rings is 2. The highest BCUT2D eigenvalue weighted by Gasteiger charge is 2.45. The van der Waals surface area contributed by atoms with Gasteiger partial charge in [0.25, 0.3) is 5.91 Å². The van der Waals surface area contributed by atoms with Crippen LogP contribution in [0.4, 0.5) is 13.2 Å². The summed E-state index contributed by atoms with van der Waals surface area (Å²) in [5.74, 6) is -1.66. The van der Waals surface area contributed by atoms with Crippen molar-refractivity contribution in [2.75, 3.05) is 33.4 Å². The Balaban J connectivity index is 1.49. The van der Waals surface area contributed by atoms with Gasteiger partial charge in [0.1, 0.15) is 5.75 Å². The highest BCUT2D eigenvalue weighted by atomic mass is 19.4. The topological polar surface area (TPSA) is 109 Å². The molecule has 9 nitrogen and oxygen atoms in total. The molecule has 2 saturated heterocycles. The molecule has 2 amide bonds. The van der Waals surface area contributed by atoms with Crippen LogP contribution in [0, 0.1) is 5.92 Å². The van der Waals surface area contributed by atoms with Crippen LogP contribution >= 0.6 is 0 Å². The van der Waals surface area contributed by atoms with E-state index in [0.717, 1.165) is 24.0 Å². The summed E-state index contributed by atoms with van der Waals surface area (Å²) in [6.07, 6.45) is 0.828. The molecule has 0 radical (unpaired) electrons. The minimum Gasteiger partial charge on any atom is -0.493 e. The van der Waals surface area contributed by atoms with Gasteiger partial charge in [-0.2, -0.15) is 13.2 Å². The zero-order valence-electron chi connectivity index (χ0n) is 25.1. The molecule has 0 aliphatic carbocycles. The molecule has 2 aliphatic rings. The van der Waals surface area contributed by atoms with E-state index in [0.29, 0.717) is 63.8 Å². The van der Waals surface area contributed by atoms with Gasteiger partial charge in [0.2, 0.25) is 5.91 Å². The first-order chi connectivity index (χ1) is 21.0. The first-order valence-electron chi connectivity index (χ1n) is 15.1. The first-order valence-corrected chi connectivity index (χ1v) is 15.1. The van der Waals surface area contributed by atoms with Crippen LogP contribution < -0.4 is 4.74 Å². The number of alkyl halides is 3. The number of carboxylic acids is 1. The number of rotatable bonds is 11. The molecule has 4 rings (SSSR count). The Labute approximate surface area is 255 Å². The van der Waals surface area contributed by atoms with Gasteiger partial charge in [0.05, 0.1) is 29.3 Å². The highest BCUT2D eigenvalue weighted by molar-refractivity contribution is 5.96. The van der Waals surface area contributed by atoms with Crippen LogP contribution in [-0.2, 0) is 26.1 Å². The molecular formula is C32H40F3N3O6. The summed E-state index contributed by atoms with van der Waals surface area (Å²) in [5.41, 5.74) is -1.41. The fourth-order valence-corrected chi connectivity index (χ4v) is 6.50. The molecular weight excluding hydrogens is 579 g/mol. The van der Waals surface area contributed by atoms with Crippen molar-refractivity contribution < 1.29 is 42.1 Å². The average Bonchev–Trinajstić information content (AvgIpc) is 3.02. The second-order valence-electron chi connectivity index (χ2n) is 11.4. The van der Waals surface area contributed by atoms with E-state index in [1.807, 2.05) is 31.2 Å². The van der Waals surface area contributed by atoms with Crippen molar-refractivity contribution in [3.63, 3.8) is 0 Å². The van der Waals surface area contributed by atoms with E-state index in [9.17, 15) is 27.6 Å². The maximum Gasteiger partial charge on any atom is 0.417 e. The Kier molecular flexibility index (Phi) is 10.9. The second kappa shape index (κ2) is 14.4. The van der Waals surface area contributed by atoms with E-state index in [1.54, 1.807) is 12.0 Å². The van der Waals surface area contributed by atoms with E-state index in [2.05, 4.69) is 4.98 Å². The quantitative estimate of drug-likeness (QED) is 0.330. The number of carbonyl (C=O) groups excluding carboxylic acids is 2. The zero-order chi connectivity index (χ0) is 31.9. The van der Waals surface area contributed by atoms with Crippen molar-refractivity contribution >= 4 is 17.8 Å². The van der Waals surface area contributed by atoms with Crippen LogP contribution in [0.2, 0.25) is 0 Å². The number of nitrogens with zero attached hydrogens (tertiary/aromatic N) is 3. The molecule has 0 saturated carbocycles. The number of benzene rings is 1. The van der Waals surface area contributed by atoms with Crippen molar-refractivity contribution in [1.82, 2.24) is 14.8 Å². The third kappa shape index (κ3) is 7.34. The standard InChI is InChI=1S/C32H40F3N3O6/c1-3-8-26-22(9-6-17-38(26)30(42)23-21-36-16-13-24(23)32(33,34)35)29(41)37-18-14-31(43-2,15-19-37)25-10-4-5-11-27(25)44-20-7-12-28(39)40/h4-5,10-11,13,16,21-22,26H,3,6-9,12,14-15,17-20H2,1-2H3,(H,39,40)/t22?,26-/m1/s1. The molecule has 240 valence electrons. The maximum atomic E-state index is 14.0. The number of hydrogen-bond donors (Lipinski definition) is 1. The number of aliphatic carboxylic acids is 1. The lowest BCUT2D eigenvalue weighted by molar-refractivity contribution is -0.145. The highest BCUT2D eigenvalue weighted by Crippen LogP contribution is 2.42. The van der Waals surface area contributed by atoms with E-state index >= 15 is 0 Å². The average molecular weight is 620 g/mol. The number of ether oxygens (including phenoxy) is 2. The van der Waals surface area contributed by atoms with Crippen LogP contribution in [0.5, 0.6) is 5.75 Å². The smallest absolute Gasteiger partial charge is 0.417 e. The van der Waals surface area contributed by atoms with Gasteiger partial charge in [-0.15, -0.1) is 0 Å². The molecule has 12 heteroatoms. The van der Waals surface area contributed by atoms with Crippen molar-refractivity contribution in [1.29, 1.82) is 0 Å². The molecule has 0 spiro atoms. The number of carboxylic acid groups (broad SMARTS) is 1. The monoisotopic (exact) mass is 619 g/mol. The van der Waals surface area contributed by atoms with Crippen LogP contribution in [0.1, 0.15) is 79.8 Å². The lowest BCUT2D eigenvalue weighted by atomic mass is 9.81. The SMILES string of the molecule is CCC[C@@H]1C(C(=O)N2CCC(OC)(c3ccccc3OCCCC(=O)O)CC2)CCCN1C(=O)c1cnccc1C(F)(F)F. The number of carbonyl (C=O) groups is 3. The number of likely N-dealkylation sites (tertiary alicyclic amines) is 2. The largest absolute Gasteiger partial charge is 0.493 e. The number of aromatic nitrogens is 1. The van der Waals surface area contributed by atoms with Crippen LogP contribution in [0.15, 0.2) is 42.7 Å². The van der Waals surface area contributed by atoms with Crippen LogP contribution in [-0.4, -0.2) is 77.1 Å². The molecule has 2 aliphatic heterocycles. The molecule has 2 aromatic rings. The molecule has 44 heavy (non-hydrogen) atoms. The van der Waals surface area contributed by atoms with Gasteiger partial charge in [-0.1, -0.05) is 31.5 Å². The summed E-state index contributed by atoms with van der Waals surface area (Å²) in [6.45, 7) is 3.23. The van der Waals surface area contributed by atoms with Crippen molar-refractivity contribution in [2.45, 2.75) is 76.1 Å². The van der Waals surface area contributed by atoms with Gasteiger partial charge in [0.15, 0.2) is 0 Å². The maximum absolute atomic E-state index is 14.0. The second-order valence-corrected chi connectivity index (χ2v) is 11.4. The number of pyridine rings is 1. The summed E-state index contributed by atoms with van der Waals surface area (Å²) < 4.78 is 53.1. The summed E-state index contributed by atoms with van der Waals surface area (Å²) in [6, 6.07) is 7.75. The Morgan fingerprint density at radius 2 is 1.84 bits per heavy atom. The van der Waals surface area contributed by atoms with E-state index < -0.39 is 46.7 Å². The summed E-state index contributed by atoms with van der Waals surface area (Å²) in [7, 11) is 1.62. The fraction of sp³-hybridized carbons (Fsp3) is 0.562. The van der Waals surface area contributed by atoms with Gasteiger partial charge in [-0.25, -0.2) is 0 Å². The number of methoxy groups -OCH3 is 1. The van der Waals surface area contributed by atoms with Gasteiger partial charge in [0, 0.05) is 57.2 Å². The van der Waals surface area contributed by atoms with Crippen molar-refractivity contribution in [2.24, 2.45) is 5.92 Å². The molecule has 0 bridgehead atoms. The number of hydrogen-bond acceptors (Lipinski definition) is 6. The predicted molar refractivity (Wildman–Crippen MR) is 155 cm³/mol. The molecule has 3 heterocycles. The van der Waals surface area contributed by atoms with Gasteiger partial charge >= 0.3 is 12.1 Å². The van der Waals surface area contributed by atoms with Gasteiger partial charge in [-0.3, -0.25) is 19.4 Å². The lowest BCUT2D eigenvalue weighted by Crippen LogP contribution is -2.55. The Hall–Kier alpha value is -3.67. The normalized spacial score (nSPS) is 20.3. The number of amides is 2. The zero-order valence-corrected chi connectivity index (χ0v) is 25.1. The van der Waals surface area contributed by atoms with Crippen LogP contribution in [0.25, 0.3) is 0 Å². The molecule has 1 unspecified atom stereocenters. The molecule has 2 fully saturated rings. The lowest BCUT2D eigenvalue weighted by Gasteiger charge is -2.46. The number of para-hydroxylation sites is 1. The van der Waals surface area contributed by atoms with Crippen molar-refractivity contribution in [3.05, 3.63) is 59.4 Å². The summed E-state index contributed by atoms with van der Waals surface area (Å²) in [4.78, 5) is 45.4. The van der Waals surface area contributed by atoms with Gasteiger partial charge in [-0.05, 0) is 50.7 Å². The summed E-state index contributed by atoms with van der Waals surface area (Å²) >= 11 is 0. The Morgan fingerprint density at radius 3 is 2.50 bits per heavy atom. The first kappa shape index (κ1) is 33.2. The fourth-order valence-electron chi connectivity index (χ4n) is 6.50. The minimum atomic E-state index is -4.71. The molecule has 2 atom stereocenters. The van der Waals surface area contributed by atoms with Gasteiger partial charge < -0.3 is 24.4 Å². The third-order valence-corrected chi connectivity index (χ3v) is 8.74. The summed E-state index contributed by atoms with van der Waals surface area (Å²) in [5, 5.41) is 8.92. The Bertz CT molecular complexity index is 1310. The molecule has 1 aromatic heterocycles. The molecule has 1 aromatic carbocycles. The number of halogens is 3. The minimum absolute atomic E-state index is 0.00358. The molecule has 1 N–H and O–H groups in total. The third-order valence-electron chi connectivity index (χ3n) is 8.74. The Morgan fingerprint density at radius 1 is 1.11 bits per heavy atom. The van der Waals surface area contributed by atoms with Crippen LogP contribution in [0.3, 0.4) is 0 Å². The van der Waals surface area contributed by atoms with Crippen molar-refractivity contribution in [3.8, 4) is 5.75 Å².